The number of rotatable bonds is 2. The highest BCUT2D eigenvalue weighted by atomic mass is 16.5. The molecule has 2 saturated heterocycles. The molecule has 138 valence electrons. The van der Waals surface area contributed by atoms with Crippen LogP contribution in [0.15, 0.2) is 28.8 Å². The lowest BCUT2D eigenvalue weighted by atomic mass is 9.96. The van der Waals surface area contributed by atoms with E-state index in [1.165, 1.54) is 6.42 Å². The zero-order chi connectivity index (χ0) is 18.3. The second-order valence-electron chi connectivity index (χ2n) is 8.40. The van der Waals surface area contributed by atoms with Crippen LogP contribution in [0, 0.1) is 0 Å². The molecular weight excluding hydrogens is 328 g/mol. The third kappa shape index (κ3) is 3.26. The van der Waals surface area contributed by atoms with Crippen molar-refractivity contribution in [1.82, 2.24) is 20.4 Å². The van der Waals surface area contributed by atoms with Crippen molar-refractivity contribution in [3.05, 3.63) is 35.7 Å². The Morgan fingerprint density at radius 1 is 1.19 bits per heavy atom. The zero-order valence-electron chi connectivity index (χ0n) is 15.7. The first-order valence-corrected chi connectivity index (χ1v) is 9.41. The molecule has 2 aliphatic rings. The molecular formula is C20H26N4O2. The van der Waals surface area contributed by atoms with Crippen molar-refractivity contribution in [3.8, 4) is 11.5 Å². The van der Waals surface area contributed by atoms with E-state index in [-0.39, 0.29) is 11.3 Å². The maximum absolute atomic E-state index is 13.2. The molecule has 2 unspecified atom stereocenters. The van der Waals surface area contributed by atoms with E-state index in [1.54, 1.807) is 0 Å². The summed E-state index contributed by atoms with van der Waals surface area (Å²) in [5.41, 5.74) is 1.15. The maximum atomic E-state index is 13.2. The average Bonchev–Trinajstić information content (AvgIpc) is 3.21. The van der Waals surface area contributed by atoms with Crippen molar-refractivity contribution in [1.29, 1.82) is 0 Å². The number of amides is 1. The summed E-state index contributed by atoms with van der Waals surface area (Å²) in [6.45, 7) is 7.67. The highest BCUT2D eigenvalue weighted by Crippen LogP contribution is 2.28. The summed E-state index contributed by atoms with van der Waals surface area (Å²) in [5.74, 6) is 1.10. The number of hydrogen-bond donors (Lipinski definition) is 1. The second kappa shape index (κ2) is 6.50. The first kappa shape index (κ1) is 17.2. The largest absolute Gasteiger partial charge is 0.337 e. The quantitative estimate of drug-likeness (QED) is 0.898. The molecule has 1 aromatic carbocycles. The lowest BCUT2D eigenvalue weighted by molar-refractivity contribution is 0.0748. The molecule has 6 heteroatoms. The van der Waals surface area contributed by atoms with Crippen LogP contribution in [0.4, 0.5) is 0 Å². The molecule has 2 aromatic rings. The fraction of sp³-hybridized carbons (Fsp3) is 0.550. The summed E-state index contributed by atoms with van der Waals surface area (Å²) in [5, 5.41) is 7.72. The fourth-order valence-corrected chi connectivity index (χ4v) is 3.79. The summed E-state index contributed by atoms with van der Waals surface area (Å²) >= 11 is 0. The number of carbonyl (C=O) groups excluding carboxylic acids is 1. The summed E-state index contributed by atoms with van der Waals surface area (Å²) in [7, 11) is 0. The first-order chi connectivity index (χ1) is 12.4. The van der Waals surface area contributed by atoms with Crippen LogP contribution >= 0.6 is 0 Å². The van der Waals surface area contributed by atoms with Gasteiger partial charge in [-0.15, -0.1) is 0 Å². The number of aromatic nitrogens is 2. The van der Waals surface area contributed by atoms with Gasteiger partial charge in [0.15, 0.2) is 5.82 Å². The smallest absolute Gasteiger partial charge is 0.258 e. The van der Waals surface area contributed by atoms with Gasteiger partial charge in [-0.05, 0) is 31.4 Å². The van der Waals surface area contributed by atoms with E-state index in [1.807, 2.05) is 49.9 Å². The number of likely N-dealkylation sites (tertiary alicyclic amines) is 1. The van der Waals surface area contributed by atoms with Gasteiger partial charge in [0, 0.05) is 30.6 Å². The zero-order valence-corrected chi connectivity index (χ0v) is 15.7. The Hall–Kier alpha value is -2.21. The molecule has 4 rings (SSSR count). The summed E-state index contributed by atoms with van der Waals surface area (Å²) < 4.78 is 5.49. The minimum absolute atomic E-state index is 0.0467. The molecule has 1 aromatic heterocycles. The minimum Gasteiger partial charge on any atom is -0.337 e. The fourth-order valence-electron chi connectivity index (χ4n) is 3.79. The van der Waals surface area contributed by atoms with Gasteiger partial charge in [0.1, 0.15) is 0 Å². The van der Waals surface area contributed by atoms with Crippen LogP contribution < -0.4 is 5.32 Å². The Bertz CT molecular complexity index is 808. The van der Waals surface area contributed by atoms with Crippen molar-refractivity contribution in [2.45, 2.75) is 57.5 Å². The van der Waals surface area contributed by atoms with Gasteiger partial charge >= 0.3 is 0 Å². The summed E-state index contributed by atoms with van der Waals surface area (Å²) in [6.07, 6.45) is 3.38. The standard InChI is InChI=1S/C20H26N4O2/c1-20(2,3)19-22-17(26-23-19)15-6-4-5-7-16(15)18(25)24-11-10-13-8-9-14(12-24)21-13/h4-7,13-14,21H,8-12H2,1-3H3. The molecule has 0 saturated carbocycles. The Labute approximate surface area is 154 Å². The van der Waals surface area contributed by atoms with Gasteiger partial charge in [-0.1, -0.05) is 38.1 Å². The predicted molar refractivity (Wildman–Crippen MR) is 98.9 cm³/mol. The molecule has 26 heavy (non-hydrogen) atoms. The topological polar surface area (TPSA) is 71.3 Å². The lowest BCUT2D eigenvalue weighted by Crippen LogP contribution is -2.39. The molecule has 0 spiro atoms. The van der Waals surface area contributed by atoms with Crippen LogP contribution in [0.2, 0.25) is 0 Å². The minimum atomic E-state index is -0.198. The maximum Gasteiger partial charge on any atom is 0.258 e. The summed E-state index contributed by atoms with van der Waals surface area (Å²) in [6, 6.07) is 8.50. The molecule has 2 fully saturated rings. The van der Waals surface area contributed by atoms with Gasteiger partial charge in [-0.3, -0.25) is 4.79 Å². The van der Waals surface area contributed by atoms with E-state index >= 15 is 0 Å². The van der Waals surface area contributed by atoms with E-state index in [0.29, 0.717) is 34.9 Å². The normalized spacial score (nSPS) is 23.1. The number of carbonyl (C=O) groups is 1. The predicted octanol–water partition coefficient (Wildman–Crippen LogP) is 3.00. The van der Waals surface area contributed by atoms with Crippen LogP contribution in [0.25, 0.3) is 11.5 Å². The van der Waals surface area contributed by atoms with Crippen LogP contribution in [-0.4, -0.2) is 46.1 Å². The van der Waals surface area contributed by atoms with Gasteiger partial charge in [0.25, 0.3) is 11.8 Å². The van der Waals surface area contributed by atoms with Crippen LogP contribution in [-0.2, 0) is 5.41 Å². The average molecular weight is 354 g/mol. The Morgan fingerprint density at radius 3 is 2.73 bits per heavy atom. The van der Waals surface area contributed by atoms with Crippen molar-refractivity contribution in [2.24, 2.45) is 0 Å². The van der Waals surface area contributed by atoms with Crippen molar-refractivity contribution < 1.29 is 9.32 Å². The molecule has 0 radical (unpaired) electrons. The Balaban J connectivity index is 1.63. The van der Waals surface area contributed by atoms with E-state index in [9.17, 15) is 4.79 Å². The second-order valence-corrected chi connectivity index (χ2v) is 8.40. The monoisotopic (exact) mass is 354 g/mol. The van der Waals surface area contributed by atoms with Crippen LogP contribution in [0.1, 0.15) is 56.2 Å². The van der Waals surface area contributed by atoms with E-state index in [4.69, 9.17) is 4.52 Å². The van der Waals surface area contributed by atoms with Gasteiger partial charge in [0.2, 0.25) is 0 Å². The molecule has 2 bridgehead atoms. The Kier molecular flexibility index (Phi) is 4.31. The third-order valence-corrected chi connectivity index (χ3v) is 5.30. The third-order valence-electron chi connectivity index (χ3n) is 5.30. The van der Waals surface area contributed by atoms with Crippen molar-refractivity contribution in [3.63, 3.8) is 0 Å². The van der Waals surface area contributed by atoms with Gasteiger partial charge < -0.3 is 14.7 Å². The highest BCUT2D eigenvalue weighted by molar-refractivity contribution is 6.00. The van der Waals surface area contributed by atoms with Crippen LogP contribution in [0.5, 0.6) is 0 Å². The van der Waals surface area contributed by atoms with Gasteiger partial charge in [0.05, 0.1) is 11.1 Å². The number of hydrogen-bond acceptors (Lipinski definition) is 5. The number of fused-ring (bicyclic) bond motifs is 2. The van der Waals surface area contributed by atoms with E-state index in [0.717, 1.165) is 25.9 Å². The van der Waals surface area contributed by atoms with Crippen molar-refractivity contribution in [2.75, 3.05) is 13.1 Å². The molecule has 3 heterocycles. The lowest BCUT2D eigenvalue weighted by Gasteiger charge is -2.25. The number of nitrogens with zero attached hydrogens (tertiary/aromatic N) is 3. The van der Waals surface area contributed by atoms with Crippen LogP contribution in [0.3, 0.4) is 0 Å². The van der Waals surface area contributed by atoms with E-state index in [2.05, 4.69) is 15.5 Å². The SMILES string of the molecule is CC(C)(C)c1noc(-c2ccccc2C(=O)N2CCC3CCC(C2)N3)n1. The Morgan fingerprint density at radius 2 is 1.96 bits per heavy atom. The van der Waals surface area contributed by atoms with E-state index < -0.39 is 0 Å². The molecule has 2 aliphatic heterocycles. The van der Waals surface area contributed by atoms with Crippen molar-refractivity contribution >= 4 is 5.91 Å². The first-order valence-electron chi connectivity index (χ1n) is 9.41. The van der Waals surface area contributed by atoms with Gasteiger partial charge in [-0.25, -0.2) is 0 Å². The molecule has 0 aliphatic carbocycles. The summed E-state index contributed by atoms with van der Waals surface area (Å²) in [4.78, 5) is 19.7. The number of benzene rings is 1. The molecule has 1 N–H and O–H groups in total. The molecule has 2 atom stereocenters. The molecule has 1 amide bonds. The molecule has 6 nitrogen and oxygen atoms in total. The van der Waals surface area contributed by atoms with Gasteiger partial charge in [-0.2, -0.15) is 4.98 Å². The highest BCUT2D eigenvalue weighted by Gasteiger charge is 2.32. The number of nitrogens with one attached hydrogen (secondary N) is 1.